The first-order valence-corrected chi connectivity index (χ1v) is 10.5. The molecule has 2 aliphatic heterocycles. The van der Waals surface area contributed by atoms with Crippen LogP contribution in [0.3, 0.4) is 0 Å². The molecule has 2 saturated heterocycles. The van der Waals surface area contributed by atoms with E-state index >= 15 is 0 Å². The van der Waals surface area contributed by atoms with Crippen molar-refractivity contribution in [2.75, 3.05) is 63.9 Å². The molecular formula is C22H33Cl2N5O2. The first kappa shape index (κ1) is 25.6. The first-order valence-electron chi connectivity index (χ1n) is 10.5. The molecular weight excluding hydrogens is 437 g/mol. The number of carbonyl (C=O) groups is 1. The van der Waals surface area contributed by atoms with Crippen LogP contribution >= 0.6 is 24.8 Å². The molecule has 31 heavy (non-hydrogen) atoms. The van der Waals surface area contributed by atoms with Gasteiger partial charge in [0, 0.05) is 56.3 Å². The molecule has 4 rings (SSSR count). The number of piperazine rings is 1. The Morgan fingerprint density at radius 2 is 1.81 bits per heavy atom. The Balaban J connectivity index is 0.00000171. The number of anilines is 1. The van der Waals surface area contributed by atoms with Gasteiger partial charge in [0.05, 0.1) is 25.3 Å². The molecule has 1 aromatic heterocycles. The van der Waals surface area contributed by atoms with Crippen molar-refractivity contribution in [2.45, 2.75) is 19.9 Å². The largest absolute Gasteiger partial charge is 0.378 e. The number of rotatable bonds is 4. The highest BCUT2D eigenvalue weighted by Crippen LogP contribution is 2.29. The van der Waals surface area contributed by atoms with Crippen LogP contribution in [0, 0.1) is 6.92 Å². The fourth-order valence-electron chi connectivity index (χ4n) is 4.16. The van der Waals surface area contributed by atoms with E-state index in [0.29, 0.717) is 32.8 Å². The Hall–Kier alpha value is -1.64. The average Bonchev–Trinajstić information content (AvgIpc) is 2.74. The van der Waals surface area contributed by atoms with Gasteiger partial charge >= 0.3 is 0 Å². The number of amides is 1. The number of carbonyl (C=O) groups excluding carboxylic acids is 1. The number of morpholine rings is 1. The summed E-state index contributed by atoms with van der Waals surface area (Å²) >= 11 is 0. The number of aromatic nitrogens is 1. The van der Waals surface area contributed by atoms with Crippen molar-refractivity contribution in [3.05, 3.63) is 35.4 Å². The minimum atomic E-state index is -0.0802. The molecule has 2 aromatic rings. The summed E-state index contributed by atoms with van der Waals surface area (Å²) in [6, 6.07) is 8.36. The second kappa shape index (κ2) is 11.3. The maximum absolute atomic E-state index is 12.5. The van der Waals surface area contributed by atoms with Gasteiger partial charge in [-0.1, -0.05) is 18.2 Å². The van der Waals surface area contributed by atoms with Crippen LogP contribution in [0.15, 0.2) is 24.3 Å². The average molecular weight is 470 g/mol. The SMILES string of the molecule is Cc1cccc2cc([C@H](C)N)c(N3CCN(CC(=O)N4CCOCC4)CC3)nc12.Cl.Cl. The van der Waals surface area contributed by atoms with E-state index in [4.69, 9.17) is 15.5 Å². The summed E-state index contributed by atoms with van der Waals surface area (Å²) in [5.74, 6) is 1.19. The zero-order valence-electron chi connectivity index (χ0n) is 18.2. The molecule has 0 spiro atoms. The van der Waals surface area contributed by atoms with Crippen molar-refractivity contribution in [1.29, 1.82) is 0 Å². The van der Waals surface area contributed by atoms with Crippen molar-refractivity contribution in [2.24, 2.45) is 5.73 Å². The minimum absolute atomic E-state index is 0. The second-order valence-electron chi connectivity index (χ2n) is 8.09. The lowest BCUT2D eigenvalue weighted by Gasteiger charge is -2.37. The third-order valence-corrected chi connectivity index (χ3v) is 5.94. The molecule has 0 radical (unpaired) electrons. The van der Waals surface area contributed by atoms with Gasteiger partial charge in [-0.05, 0) is 25.5 Å². The van der Waals surface area contributed by atoms with Gasteiger partial charge in [-0.3, -0.25) is 9.69 Å². The zero-order valence-corrected chi connectivity index (χ0v) is 19.9. The zero-order chi connectivity index (χ0) is 20.4. The molecule has 9 heteroatoms. The molecule has 172 valence electrons. The summed E-state index contributed by atoms with van der Waals surface area (Å²) in [6.07, 6.45) is 0. The summed E-state index contributed by atoms with van der Waals surface area (Å²) in [4.78, 5) is 24.0. The van der Waals surface area contributed by atoms with Gasteiger partial charge in [-0.15, -0.1) is 24.8 Å². The van der Waals surface area contributed by atoms with Crippen LogP contribution in [-0.4, -0.2) is 79.7 Å². The Bertz CT molecular complexity index is 882. The van der Waals surface area contributed by atoms with E-state index in [9.17, 15) is 4.79 Å². The monoisotopic (exact) mass is 469 g/mol. The van der Waals surface area contributed by atoms with Gasteiger partial charge in [0.1, 0.15) is 5.82 Å². The van der Waals surface area contributed by atoms with Crippen molar-refractivity contribution >= 4 is 47.4 Å². The Labute approximate surface area is 196 Å². The maximum atomic E-state index is 12.5. The van der Waals surface area contributed by atoms with E-state index in [-0.39, 0.29) is 36.8 Å². The molecule has 0 bridgehead atoms. The van der Waals surface area contributed by atoms with E-state index in [1.54, 1.807) is 0 Å². The van der Waals surface area contributed by atoms with Crippen molar-refractivity contribution in [3.63, 3.8) is 0 Å². The van der Waals surface area contributed by atoms with Gasteiger partial charge in [-0.2, -0.15) is 0 Å². The summed E-state index contributed by atoms with van der Waals surface area (Å²) in [6.45, 7) is 10.7. The number of aryl methyl sites for hydroxylation is 1. The fraction of sp³-hybridized carbons (Fsp3) is 0.545. The Kier molecular flexibility index (Phi) is 9.33. The number of fused-ring (bicyclic) bond motifs is 1. The van der Waals surface area contributed by atoms with Crippen LogP contribution in [0.25, 0.3) is 10.9 Å². The van der Waals surface area contributed by atoms with Crippen molar-refractivity contribution in [1.82, 2.24) is 14.8 Å². The van der Waals surface area contributed by atoms with Crippen LogP contribution in [0.1, 0.15) is 24.1 Å². The summed E-state index contributed by atoms with van der Waals surface area (Å²) in [5.41, 5.74) is 9.59. The fourth-order valence-corrected chi connectivity index (χ4v) is 4.16. The van der Waals surface area contributed by atoms with Crippen LogP contribution in [0.4, 0.5) is 5.82 Å². The number of nitrogens with two attached hydrogens (primary N) is 1. The molecule has 0 unspecified atom stereocenters. The second-order valence-corrected chi connectivity index (χ2v) is 8.09. The predicted molar refractivity (Wildman–Crippen MR) is 130 cm³/mol. The predicted octanol–water partition coefficient (Wildman–Crippen LogP) is 2.39. The number of pyridine rings is 1. The van der Waals surface area contributed by atoms with E-state index in [0.717, 1.165) is 48.5 Å². The molecule has 1 amide bonds. The standard InChI is InChI=1S/C22H31N5O2.2ClH/c1-16-4-3-5-18-14-19(17(2)23)22(24-21(16)18)27-8-6-25(7-9-27)15-20(28)26-10-12-29-13-11-26;;/h3-5,14,17H,6-13,15,23H2,1-2H3;2*1H/t17-;;/m0../s1. The number of nitrogens with zero attached hydrogens (tertiary/aromatic N) is 4. The van der Waals surface area contributed by atoms with E-state index in [1.165, 1.54) is 5.56 Å². The third-order valence-electron chi connectivity index (χ3n) is 5.94. The van der Waals surface area contributed by atoms with E-state index in [2.05, 4.69) is 41.0 Å². The summed E-state index contributed by atoms with van der Waals surface area (Å²) < 4.78 is 5.34. The Morgan fingerprint density at radius 3 is 2.45 bits per heavy atom. The number of halogens is 2. The number of hydrogen-bond acceptors (Lipinski definition) is 6. The molecule has 0 saturated carbocycles. The molecule has 7 nitrogen and oxygen atoms in total. The minimum Gasteiger partial charge on any atom is -0.378 e. The molecule has 1 aromatic carbocycles. The summed E-state index contributed by atoms with van der Waals surface area (Å²) in [5, 5.41) is 1.13. The third kappa shape index (κ3) is 5.79. The first-order chi connectivity index (χ1) is 14.0. The normalized spacial score (nSPS) is 18.3. The van der Waals surface area contributed by atoms with E-state index in [1.807, 2.05) is 11.8 Å². The highest BCUT2D eigenvalue weighted by Gasteiger charge is 2.25. The number of ether oxygens (including phenoxy) is 1. The van der Waals surface area contributed by atoms with E-state index < -0.39 is 0 Å². The van der Waals surface area contributed by atoms with Crippen LogP contribution in [0.2, 0.25) is 0 Å². The van der Waals surface area contributed by atoms with Gasteiger partial charge in [-0.25, -0.2) is 4.98 Å². The van der Waals surface area contributed by atoms with Gasteiger partial charge in [0.15, 0.2) is 0 Å². The van der Waals surface area contributed by atoms with Crippen LogP contribution < -0.4 is 10.6 Å². The molecule has 2 fully saturated rings. The van der Waals surface area contributed by atoms with Crippen molar-refractivity contribution in [3.8, 4) is 0 Å². The molecule has 2 N–H and O–H groups in total. The lowest BCUT2D eigenvalue weighted by molar-refractivity contribution is -0.136. The van der Waals surface area contributed by atoms with Crippen LogP contribution in [-0.2, 0) is 9.53 Å². The smallest absolute Gasteiger partial charge is 0.236 e. The van der Waals surface area contributed by atoms with Gasteiger partial charge in [0.2, 0.25) is 5.91 Å². The highest BCUT2D eigenvalue weighted by atomic mass is 35.5. The lowest BCUT2D eigenvalue weighted by atomic mass is 10.0. The van der Waals surface area contributed by atoms with Crippen LogP contribution in [0.5, 0.6) is 0 Å². The lowest BCUT2D eigenvalue weighted by Crippen LogP contribution is -2.52. The topological polar surface area (TPSA) is 74.9 Å². The quantitative estimate of drug-likeness (QED) is 0.740. The summed E-state index contributed by atoms with van der Waals surface area (Å²) in [7, 11) is 0. The Morgan fingerprint density at radius 1 is 1.13 bits per heavy atom. The molecule has 2 aliphatic rings. The van der Waals surface area contributed by atoms with Crippen molar-refractivity contribution < 1.29 is 9.53 Å². The van der Waals surface area contributed by atoms with Gasteiger partial charge < -0.3 is 20.3 Å². The highest BCUT2D eigenvalue weighted by molar-refractivity contribution is 5.86. The molecule has 1 atom stereocenters. The number of para-hydroxylation sites is 1. The molecule has 0 aliphatic carbocycles. The number of benzene rings is 1. The maximum Gasteiger partial charge on any atom is 0.236 e. The number of hydrogen-bond donors (Lipinski definition) is 1. The molecule has 3 heterocycles. The van der Waals surface area contributed by atoms with Gasteiger partial charge in [0.25, 0.3) is 0 Å².